The number of carbonyl (C=O) groups excluding carboxylic acids is 1. The monoisotopic (exact) mass is 374 g/mol. The maximum absolute atomic E-state index is 12.3. The van der Waals surface area contributed by atoms with Crippen LogP contribution in [0, 0.1) is 6.92 Å². The number of para-hydroxylation sites is 2. The maximum Gasteiger partial charge on any atom is 0.243 e. The number of aryl methyl sites for hydroxylation is 1. The topological polar surface area (TPSA) is 59.6 Å². The summed E-state index contributed by atoms with van der Waals surface area (Å²) in [7, 11) is 0. The van der Waals surface area contributed by atoms with Crippen LogP contribution in [0.15, 0.2) is 42.5 Å². The van der Waals surface area contributed by atoms with Crippen molar-refractivity contribution < 1.29 is 14.3 Å². The Bertz CT molecular complexity index is 760. The normalized spacial score (nSPS) is 16.3. The maximum atomic E-state index is 12.3. The van der Waals surface area contributed by atoms with Crippen LogP contribution in [0.5, 0.6) is 5.75 Å². The summed E-state index contributed by atoms with van der Waals surface area (Å²) in [6, 6.07) is 13.0. The molecule has 2 aromatic rings. The van der Waals surface area contributed by atoms with Gasteiger partial charge in [-0.05, 0) is 49.6 Å². The van der Waals surface area contributed by atoms with E-state index in [1.165, 1.54) is 0 Å². The van der Waals surface area contributed by atoms with E-state index in [-0.39, 0.29) is 18.6 Å². The van der Waals surface area contributed by atoms with Gasteiger partial charge in [-0.1, -0.05) is 29.8 Å². The zero-order valence-corrected chi connectivity index (χ0v) is 15.5. The molecule has 1 amide bonds. The quantitative estimate of drug-likeness (QED) is 0.760. The lowest BCUT2D eigenvalue weighted by molar-refractivity contribution is -0.114. The van der Waals surface area contributed by atoms with Crippen molar-refractivity contribution in [2.75, 3.05) is 30.4 Å². The van der Waals surface area contributed by atoms with Crippen LogP contribution in [0.3, 0.4) is 0 Å². The molecule has 1 heterocycles. The summed E-state index contributed by atoms with van der Waals surface area (Å²) < 4.78 is 11.4. The van der Waals surface area contributed by atoms with Crippen LogP contribution < -0.4 is 15.4 Å². The predicted octanol–water partition coefficient (Wildman–Crippen LogP) is 4.26. The molecule has 138 valence electrons. The molecular formula is C20H23ClN2O3. The van der Waals surface area contributed by atoms with Gasteiger partial charge in [0.15, 0.2) is 0 Å². The van der Waals surface area contributed by atoms with E-state index in [0.29, 0.717) is 17.3 Å². The van der Waals surface area contributed by atoms with Crippen molar-refractivity contribution in [3.63, 3.8) is 0 Å². The van der Waals surface area contributed by atoms with E-state index in [4.69, 9.17) is 21.1 Å². The third-order valence-corrected chi connectivity index (χ3v) is 4.48. The first-order valence-corrected chi connectivity index (χ1v) is 9.13. The van der Waals surface area contributed by atoms with Crippen molar-refractivity contribution in [1.29, 1.82) is 0 Å². The van der Waals surface area contributed by atoms with Crippen molar-refractivity contribution in [3.05, 3.63) is 53.1 Å². The average molecular weight is 375 g/mol. The SMILES string of the molecule is Cc1ccc(Cl)cc1NC(=O)CNc1ccccc1OCC1CCCO1. The Kier molecular flexibility index (Phi) is 6.36. The molecule has 1 fully saturated rings. The Labute approximate surface area is 158 Å². The highest BCUT2D eigenvalue weighted by Gasteiger charge is 2.17. The van der Waals surface area contributed by atoms with Crippen LogP contribution in [0.1, 0.15) is 18.4 Å². The summed E-state index contributed by atoms with van der Waals surface area (Å²) in [6.45, 7) is 3.38. The molecule has 26 heavy (non-hydrogen) atoms. The van der Waals surface area contributed by atoms with E-state index >= 15 is 0 Å². The van der Waals surface area contributed by atoms with Crippen molar-refractivity contribution in [2.24, 2.45) is 0 Å². The van der Waals surface area contributed by atoms with Crippen LogP contribution in [0.4, 0.5) is 11.4 Å². The first kappa shape index (κ1) is 18.5. The van der Waals surface area contributed by atoms with Crippen LogP contribution in [0.2, 0.25) is 5.02 Å². The molecule has 1 atom stereocenters. The lowest BCUT2D eigenvalue weighted by Crippen LogP contribution is -2.23. The zero-order chi connectivity index (χ0) is 18.4. The second-order valence-corrected chi connectivity index (χ2v) is 6.74. The molecule has 0 radical (unpaired) electrons. The lowest BCUT2D eigenvalue weighted by atomic mass is 10.2. The number of anilines is 2. The first-order chi connectivity index (χ1) is 12.6. The molecule has 2 N–H and O–H groups in total. The Balaban J connectivity index is 1.55. The van der Waals surface area contributed by atoms with Gasteiger partial charge in [-0.3, -0.25) is 4.79 Å². The van der Waals surface area contributed by atoms with E-state index in [0.717, 1.165) is 36.4 Å². The summed E-state index contributed by atoms with van der Waals surface area (Å²) in [5, 5.41) is 6.59. The third-order valence-electron chi connectivity index (χ3n) is 4.25. The van der Waals surface area contributed by atoms with Crippen molar-refractivity contribution in [2.45, 2.75) is 25.9 Å². The fourth-order valence-corrected chi connectivity index (χ4v) is 2.97. The minimum atomic E-state index is -0.149. The molecule has 0 spiro atoms. The summed E-state index contributed by atoms with van der Waals surface area (Å²) in [5.41, 5.74) is 2.46. The smallest absolute Gasteiger partial charge is 0.243 e. The van der Waals surface area contributed by atoms with Gasteiger partial charge >= 0.3 is 0 Å². The molecule has 5 nitrogen and oxygen atoms in total. The van der Waals surface area contributed by atoms with Crippen LogP contribution in [0.25, 0.3) is 0 Å². The highest BCUT2D eigenvalue weighted by atomic mass is 35.5. The number of halogens is 1. The van der Waals surface area contributed by atoms with E-state index in [1.54, 1.807) is 12.1 Å². The molecule has 0 bridgehead atoms. The molecule has 1 aliphatic rings. The second-order valence-electron chi connectivity index (χ2n) is 6.30. The number of nitrogens with one attached hydrogen (secondary N) is 2. The summed E-state index contributed by atoms with van der Waals surface area (Å²) in [5.74, 6) is 0.569. The average Bonchev–Trinajstić information content (AvgIpc) is 3.15. The van der Waals surface area contributed by atoms with Gasteiger partial charge in [0.25, 0.3) is 0 Å². The molecule has 3 rings (SSSR count). The number of carbonyl (C=O) groups is 1. The fourth-order valence-electron chi connectivity index (χ4n) is 2.80. The van der Waals surface area contributed by atoms with Crippen molar-refractivity contribution >= 4 is 28.9 Å². The number of rotatable bonds is 7. The van der Waals surface area contributed by atoms with Gasteiger partial charge in [0.05, 0.1) is 18.3 Å². The lowest BCUT2D eigenvalue weighted by Gasteiger charge is -2.16. The number of benzene rings is 2. The molecule has 0 aromatic heterocycles. The highest BCUT2D eigenvalue weighted by Crippen LogP contribution is 2.25. The molecule has 0 aliphatic carbocycles. The molecule has 0 saturated carbocycles. The van der Waals surface area contributed by atoms with Crippen molar-refractivity contribution in [3.8, 4) is 5.75 Å². The summed E-state index contributed by atoms with van der Waals surface area (Å²) >= 11 is 5.99. The highest BCUT2D eigenvalue weighted by molar-refractivity contribution is 6.31. The molecule has 2 aromatic carbocycles. The standard InChI is InChI=1S/C20H23ClN2O3/c1-14-8-9-15(21)11-18(14)23-20(24)12-22-17-6-2-3-7-19(17)26-13-16-5-4-10-25-16/h2-3,6-9,11,16,22H,4-5,10,12-13H2,1H3,(H,23,24). The van der Waals surface area contributed by atoms with Gasteiger partial charge in [0, 0.05) is 17.3 Å². The Hall–Kier alpha value is -2.24. The Morgan fingerprint density at radius 3 is 2.92 bits per heavy atom. The Morgan fingerprint density at radius 1 is 1.27 bits per heavy atom. The van der Waals surface area contributed by atoms with Crippen LogP contribution >= 0.6 is 11.6 Å². The van der Waals surface area contributed by atoms with Crippen LogP contribution in [-0.2, 0) is 9.53 Å². The molecule has 6 heteroatoms. The van der Waals surface area contributed by atoms with E-state index < -0.39 is 0 Å². The first-order valence-electron chi connectivity index (χ1n) is 8.75. The van der Waals surface area contributed by atoms with Gasteiger partial charge < -0.3 is 20.1 Å². The van der Waals surface area contributed by atoms with Gasteiger partial charge in [-0.15, -0.1) is 0 Å². The largest absolute Gasteiger partial charge is 0.489 e. The number of ether oxygens (including phenoxy) is 2. The molecule has 1 saturated heterocycles. The van der Waals surface area contributed by atoms with Gasteiger partial charge in [-0.2, -0.15) is 0 Å². The second kappa shape index (κ2) is 8.92. The number of hydrogen-bond acceptors (Lipinski definition) is 4. The van der Waals surface area contributed by atoms with Crippen LogP contribution in [-0.4, -0.2) is 31.8 Å². The molecular weight excluding hydrogens is 352 g/mol. The minimum absolute atomic E-state index is 0.131. The summed E-state index contributed by atoms with van der Waals surface area (Å²) in [4.78, 5) is 12.3. The molecule has 1 aliphatic heterocycles. The van der Waals surface area contributed by atoms with Crippen molar-refractivity contribution in [1.82, 2.24) is 0 Å². The van der Waals surface area contributed by atoms with E-state index in [1.807, 2.05) is 37.3 Å². The zero-order valence-electron chi connectivity index (χ0n) is 14.8. The fraction of sp³-hybridized carbons (Fsp3) is 0.350. The minimum Gasteiger partial charge on any atom is -0.489 e. The third kappa shape index (κ3) is 5.13. The summed E-state index contributed by atoms with van der Waals surface area (Å²) in [6.07, 6.45) is 2.26. The molecule has 1 unspecified atom stereocenters. The number of hydrogen-bond donors (Lipinski definition) is 2. The van der Waals surface area contributed by atoms with Gasteiger partial charge in [-0.25, -0.2) is 0 Å². The van der Waals surface area contributed by atoms with E-state index in [2.05, 4.69) is 10.6 Å². The Morgan fingerprint density at radius 2 is 2.12 bits per heavy atom. The van der Waals surface area contributed by atoms with Gasteiger partial charge in [0.1, 0.15) is 12.4 Å². The van der Waals surface area contributed by atoms with E-state index in [9.17, 15) is 4.79 Å². The number of amides is 1. The van der Waals surface area contributed by atoms with Gasteiger partial charge in [0.2, 0.25) is 5.91 Å². The predicted molar refractivity (Wildman–Crippen MR) is 104 cm³/mol.